The van der Waals surface area contributed by atoms with Gasteiger partial charge in [0.15, 0.2) is 11.6 Å². The van der Waals surface area contributed by atoms with E-state index in [2.05, 4.69) is 0 Å². The van der Waals surface area contributed by atoms with Gasteiger partial charge in [-0.05, 0) is 46.6 Å². The van der Waals surface area contributed by atoms with Gasteiger partial charge in [-0.3, -0.25) is 9.59 Å². The lowest BCUT2D eigenvalue weighted by atomic mass is 10.1. The average molecular weight is 469 g/mol. The molecular formula is C34H28O2. The van der Waals surface area contributed by atoms with E-state index in [0.717, 1.165) is 22.3 Å². The number of rotatable bonds is 8. The minimum Gasteiger partial charge on any atom is -0.290 e. The molecule has 0 aliphatic heterocycles. The Morgan fingerprint density at radius 2 is 0.528 bits per heavy atom. The van der Waals surface area contributed by atoms with Crippen LogP contribution in [-0.2, 0) is 9.59 Å². The highest BCUT2D eigenvalue weighted by Crippen LogP contribution is 2.05. The molecule has 0 N–H and O–H groups in total. The summed E-state index contributed by atoms with van der Waals surface area (Å²) in [6.45, 7) is 0. The smallest absolute Gasteiger partial charge is 0.178 e. The Morgan fingerprint density at radius 1 is 0.333 bits per heavy atom. The van der Waals surface area contributed by atoms with Gasteiger partial charge < -0.3 is 0 Å². The summed E-state index contributed by atoms with van der Waals surface area (Å²) >= 11 is 0. The van der Waals surface area contributed by atoms with Crippen LogP contribution >= 0.6 is 0 Å². The Bertz CT molecular complexity index is 1110. The van der Waals surface area contributed by atoms with Crippen molar-refractivity contribution in [3.63, 3.8) is 0 Å². The number of hydrogen-bond donors (Lipinski definition) is 0. The van der Waals surface area contributed by atoms with Crippen LogP contribution < -0.4 is 0 Å². The first kappa shape index (κ1) is 25.8. The molecule has 0 heterocycles. The summed E-state index contributed by atoms with van der Waals surface area (Å²) in [4.78, 5) is 23.2. The van der Waals surface area contributed by atoms with Crippen molar-refractivity contribution >= 4 is 35.9 Å². The van der Waals surface area contributed by atoms with Gasteiger partial charge in [-0.2, -0.15) is 0 Å². The monoisotopic (exact) mass is 468 g/mol. The second-order valence-corrected chi connectivity index (χ2v) is 7.78. The van der Waals surface area contributed by atoms with E-state index in [0.29, 0.717) is 0 Å². The summed E-state index contributed by atoms with van der Waals surface area (Å²) in [6, 6.07) is 39.1. The van der Waals surface area contributed by atoms with Crippen LogP contribution in [0.3, 0.4) is 0 Å². The molecule has 36 heavy (non-hydrogen) atoms. The fraction of sp³-hybridized carbons (Fsp3) is 0. The van der Waals surface area contributed by atoms with Gasteiger partial charge >= 0.3 is 0 Å². The lowest BCUT2D eigenvalue weighted by Gasteiger charge is -1.91. The fourth-order valence-electron chi connectivity index (χ4n) is 3.08. The molecule has 4 aromatic rings. The third-order valence-electron chi connectivity index (χ3n) is 4.96. The zero-order valence-corrected chi connectivity index (χ0v) is 20.0. The Kier molecular flexibility index (Phi) is 10.9. The van der Waals surface area contributed by atoms with E-state index >= 15 is 0 Å². The second kappa shape index (κ2) is 15.2. The van der Waals surface area contributed by atoms with Crippen molar-refractivity contribution in [1.82, 2.24) is 0 Å². The van der Waals surface area contributed by atoms with E-state index in [1.807, 2.05) is 146 Å². The molecule has 0 atom stereocenters. The quantitative estimate of drug-likeness (QED) is 0.246. The van der Waals surface area contributed by atoms with Crippen molar-refractivity contribution in [3.05, 3.63) is 168 Å². The van der Waals surface area contributed by atoms with Crippen LogP contribution in [0.25, 0.3) is 24.3 Å². The van der Waals surface area contributed by atoms with Gasteiger partial charge in [-0.1, -0.05) is 146 Å². The fourth-order valence-corrected chi connectivity index (χ4v) is 3.08. The zero-order valence-electron chi connectivity index (χ0n) is 20.0. The van der Waals surface area contributed by atoms with E-state index in [1.165, 1.54) is 0 Å². The number of benzene rings is 4. The number of carbonyl (C=O) groups is 2. The molecular weight excluding hydrogens is 440 g/mol. The summed E-state index contributed by atoms with van der Waals surface area (Å²) in [6.07, 6.45) is 13.6. The highest BCUT2D eigenvalue weighted by Gasteiger charge is 1.91. The van der Waals surface area contributed by atoms with Gasteiger partial charge in [0.25, 0.3) is 0 Å². The normalized spacial score (nSPS) is 11.1. The molecule has 0 fully saturated rings. The van der Waals surface area contributed by atoms with Crippen molar-refractivity contribution in [1.29, 1.82) is 0 Å². The van der Waals surface area contributed by atoms with E-state index in [9.17, 15) is 9.59 Å². The number of hydrogen-bond acceptors (Lipinski definition) is 2. The van der Waals surface area contributed by atoms with Crippen molar-refractivity contribution in [3.8, 4) is 0 Å². The molecule has 2 nitrogen and oxygen atoms in total. The second-order valence-electron chi connectivity index (χ2n) is 7.78. The van der Waals surface area contributed by atoms with Gasteiger partial charge in [0, 0.05) is 0 Å². The standard InChI is InChI=1S/2C17H14O/c2*18-17(13-11-15-7-3-1-4-8-15)14-12-16-9-5-2-6-10-16/h2*1-14H. The first-order valence-corrected chi connectivity index (χ1v) is 11.7. The summed E-state index contributed by atoms with van der Waals surface area (Å²) in [7, 11) is 0. The van der Waals surface area contributed by atoms with Crippen LogP contribution in [0.2, 0.25) is 0 Å². The zero-order chi connectivity index (χ0) is 25.3. The molecule has 0 radical (unpaired) electrons. The van der Waals surface area contributed by atoms with E-state index < -0.39 is 0 Å². The first-order valence-electron chi connectivity index (χ1n) is 11.7. The summed E-state index contributed by atoms with van der Waals surface area (Å²) < 4.78 is 0. The molecule has 0 spiro atoms. The number of carbonyl (C=O) groups excluding carboxylic acids is 2. The summed E-state index contributed by atoms with van der Waals surface area (Å²) in [5, 5.41) is 0. The predicted octanol–water partition coefficient (Wildman–Crippen LogP) is 7.96. The number of allylic oxidation sites excluding steroid dienone is 4. The van der Waals surface area contributed by atoms with Gasteiger partial charge in [-0.15, -0.1) is 0 Å². The van der Waals surface area contributed by atoms with Crippen LogP contribution in [0.5, 0.6) is 0 Å². The van der Waals surface area contributed by atoms with Crippen molar-refractivity contribution in [2.75, 3.05) is 0 Å². The van der Waals surface area contributed by atoms with E-state index in [4.69, 9.17) is 0 Å². The molecule has 0 aliphatic carbocycles. The molecule has 0 bridgehead atoms. The van der Waals surface area contributed by atoms with Crippen LogP contribution in [0, 0.1) is 0 Å². The summed E-state index contributed by atoms with van der Waals surface area (Å²) in [5.41, 5.74) is 4.11. The first-order chi connectivity index (χ1) is 17.7. The van der Waals surface area contributed by atoms with E-state index in [1.54, 1.807) is 24.3 Å². The summed E-state index contributed by atoms with van der Waals surface area (Å²) in [5.74, 6) is -0.0228. The highest BCUT2D eigenvalue weighted by molar-refractivity contribution is 6.05. The highest BCUT2D eigenvalue weighted by atomic mass is 16.1. The molecule has 4 aromatic carbocycles. The molecule has 2 heteroatoms. The Hall–Kier alpha value is -4.82. The molecule has 0 saturated heterocycles. The molecule has 0 aromatic heterocycles. The van der Waals surface area contributed by atoms with Crippen molar-refractivity contribution in [2.24, 2.45) is 0 Å². The largest absolute Gasteiger partial charge is 0.290 e. The van der Waals surface area contributed by atoms with Crippen LogP contribution in [0.1, 0.15) is 22.3 Å². The lowest BCUT2D eigenvalue weighted by molar-refractivity contribution is -0.111. The molecule has 0 unspecified atom stereocenters. The van der Waals surface area contributed by atoms with Crippen LogP contribution in [-0.4, -0.2) is 11.6 Å². The third kappa shape index (κ3) is 10.4. The number of ketones is 2. The topological polar surface area (TPSA) is 34.1 Å². The van der Waals surface area contributed by atoms with Crippen molar-refractivity contribution in [2.45, 2.75) is 0 Å². The molecule has 4 rings (SSSR count). The Labute approximate surface area is 213 Å². The maximum atomic E-state index is 11.6. The van der Waals surface area contributed by atoms with Gasteiger partial charge in [-0.25, -0.2) is 0 Å². The van der Waals surface area contributed by atoms with Crippen LogP contribution in [0.15, 0.2) is 146 Å². The van der Waals surface area contributed by atoms with Gasteiger partial charge in [0.1, 0.15) is 0 Å². The average Bonchev–Trinajstić information content (AvgIpc) is 2.95. The third-order valence-corrected chi connectivity index (χ3v) is 4.96. The molecule has 0 aliphatic rings. The SMILES string of the molecule is O=C(C=Cc1ccccc1)C=Cc1ccccc1.O=C(C=Cc1ccccc1)C=Cc1ccccc1. The minimum atomic E-state index is -0.0114. The van der Waals surface area contributed by atoms with Gasteiger partial charge in [0.05, 0.1) is 0 Å². The maximum absolute atomic E-state index is 11.6. The Balaban J connectivity index is 0.000000201. The lowest BCUT2D eigenvalue weighted by Crippen LogP contribution is -1.84. The molecule has 0 amide bonds. The maximum Gasteiger partial charge on any atom is 0.178 e. The van der Waals surface area contributed by atoms with Crippen LogP contribution in [0.4, 0.5) is 0 Å². The van der Waals surface area contributed by atoms with E-state index in [-0.39, 0.29) is 11.6 Å². The minimum absolute atomic E-state index is 0.0114. The van der Waals surface area contributed by atoms with Gasteiger partial charge in [0.2, 0.25) is 0 Å². The molecule has 176 valence electrons. The molecule has 0 saturated carbocycles. The van der Waals surface area contributed by atoms with Crippen molar-refractivity contribution < 1.29 is 9.59 Å². The Morgan fingerprint density at radius 3 is 0.722 bits per heavy atom. The predicted molar refractivity (Wildman–Crippen MR) is 152 cm³/mol.